The first-order chi connectivity index (χ1) is 9.41. The Hall–Kier alpha value is -1.44. The van der Waals surface area contributed by atoms with Crippen LogP contribution >= 0.6 is 11.8 Å². The molecule has 1 aliphatic rings. The van der Waals surface area contributed by atoms with Gasteiger partial charge in [-0.05, 0) is 0 Å². The van der Waals surface area contributed by atoms with Crippen LogP contribution in [0.15, 0.2) is 0 Å². The number of carbonyl (C=O) groups is 3. The molecule has 1 aliphatic heterocycles. The fourth-order valence-corrected chi connectivity index (χ4v) is 2.96. The molecular weight excluding hydrogens is 282 g/mol. The zero-order chi connectivity index (χ0) is 15.1. The van der Waals surface area contributed by atoms with Gasteiger partial charge in [0.2, 0.25) is 5.91 Å². The van der Waals surface area contributed by atoms with Gasteiger partial charge in [0, 0.05) is 45.1 Å². The van der Waals surface area contributed by atoms with Crippen molar-refractivity contribution in [3.8, 4) is 0 Å². The predicted octanol–water partition coefficient (Wildman–Crippen LogP) is 0.0664. The number of aliphatic carboxylic acids is 1. The summed E-state index contributed by atoms with van der Waals surface area (Å²) in [6.07, 6.45) is 0.196. The van der Waals surface area contributed by atoms with Crippen molar-refractivity contribution in [2.24, 2.45) is 0 Å². The molecule has 0 aromatic carbocycles. The van der Waals surface area contributed by atoms with Crippen molar-refractivity contribution in [3.05, 3.63) is 0 Å². The van der Waals surface area contributed by atoms with E-state index in [9.17, 15) is 14.4 Å². The van der Waals surface area contributed by atoms with E-state index >= 15 is 0 Å². The number of nitrogens with one attached hydrogen (secondary N) is 1. The number of hydrogen-bond donors (Lipinski definition) is 2. The quantitative estimate of drug-likeness (QED) is 0.750. The first kappa shape index (κ1) is 16.6. The van der Waals surface area contributed by atoms with Crippen LogP contribution in [-0.4, -0.2) is 77.5 Å². The summed E-state index contributed by atoms with van der Waals surface area (Å²) in [4.78, 5) is 37.2. The van der Waals surface area contributed by atoms with Gasteiger partial charge in [0.15, 0.2) is 0 Å². The lowest BCUT2D eigenvalue weighted by molar-refractivity contribution is -0.138. The van der Waals surface area contributed by atoms with Crippen molar-refractivity contribution >= 4 is 29.7 Å². The van der Waals surface area contributed by atoms with Crippen molar-refractivity contribution < 1.29 is 19.5 Å². The van der Waals surface area contributed by atoms with E-state index < -0.39 is 5.97 Å². The molecule has 1 saturated heterocycles. The highest BCUT2D eigenvalue weighted by atomic mass is 32.2. The van der Waals surface area contributed by atoms with E-state index in [0.29, 0.717) is 12.3 Å². The minimum absolute atomic E-state index is 0.0446. The van der Waals surface area contributed by atoms with Gasteiger partial charge in [0.05, 0.1) is 12.5 Å². The van der Waals surface area contributed by atoms with Crippen LogP contribution in [0.1, 0.15) is 12.8 Å². The van der Waals surface area contributed by atoms with Gasteiger partial charge in [0.25, 0.3) is 0 Å². The van der Waals surface area contributed by atoms with E-state index in [1.807, 2.05) is 0 Å². The van der Waals surface area contributed by atoms with Crippen LogP contribution in [-0.2, 0) is 9.59 Å². The third-order valence-corrected chi connectivity index (χ3v) is 4.10. The molecule has 3 amide bonds. The average molecular weight is 303 g/mol. The Morgan fingerprint density at radius 3 is 2.70 bits per heavy atom. The molecule has 0 aromatic heterocycles. The smallest absolute Gasteiger partial charge is 0.317 e. The predicted molar refractivity (Wildman–Crippen MR) is 76.8 cm³/mol. The molecule has 1 unspecified atom stereocenters. The van der Waals surface area contributed by atoms with Gasteiger partial charge in [-0.2, -0.15) is 11.8 Å². The van der Waals surface area contributed by atoms with Crippen LogP contribution in [0.4, 0.5) is 4.79 Å². The Labute approximate surface area is 122 Å². The molecule has 1 rings (SSSR count). The second-order valence-electron chi connectivity index (χ2n) is 4.79. The number of carbonyl (C=O) groups excluding carboxylic acids is 2. The summed E-state index contributed by atoms with van der Waals surface area (Å²) >= 11 is 1.65. The summed E-state index contributed by atoms with van der Waals surface area (Å²) in [7, 11) is 3.32. The van der Waals surface area contributed by atoms with Crippen molar-refractivity contribution in [3.63, 3.8) is 0 Å². The topological polar surface area (TPSA) is 90.0 Å². The van der Waals surface area contributed by atoms with Crippen molar-refractivity contribution in [2.75, 3.05) is 38.7 Å². The fraction of sp³-hybridized carbons (Fsp3) is 0.750. The average Bonchev–Trinajstić information content (AvgIpc) is 2.38. The normalized spacial score (nSPS) is 18.5. The van der Waals surface area contributed by atoms with Crippen LogP contribution in [0.5, 0.6) is 0 Å². The maximum absolute atomic E-state index is 12.0. The molecule has 1 atom stereocenters. The number of urea groups is 1. The minimum atomic E-state index is -0.905. The van der Waals surface area contributed by atoms with Gasteiger partial charge >= 0.3 is 12.0 Å². The van der Waals surface area contributed by atoms with Gasteiger partial charge < -0.3 is 20.2 Å². The molecule has 0 aliphatic carbocycles. The van der Waals surface area contributed by atoms with E-state index in [2.05, 4.69) is 5.32 Å². The second kappa shape index (κ2) is 7.98. The summed E-state index contributed by atoms with van der Waals surface area (Å²) < 4.78 is 0. The van der Waals surface area contributed by atoms with Gasteiger partial charge in [-0.3, -0.25) is 9.59 Å². The molecule has 0 bridgehead atoms. The van der Waals surface area contributed by atoms with Crippen LogP contribution in [0, 0.1) is 0 Å². The first-order valence-corrected chi connectivity index (χ1v) is 7.61. The molecular formula is C12H21N3O4S. The Morgan fingerprint density at radius 1 is 1.40 bits per heavy atom. The van der Waals surface area contributed by atoms with E-state index in [1.54, 1.807) is 30.8 Å². The van der Waals surface area contributed by atoms with Gasteiger partial charge in [-0.1, -0.05) is 0 Å². The summed E-state index contributed by atoms with van der Waals surface area (Å²) in [5.41, 5.74) is 0. The fourth-order valence-electron chi connectivity index (χ4n) is 1.89. The molecule has 114 valence electrons. The van der Waals surface area contributed by atoms with E-state index in [0.717, 1.165) is 5.75 Å². The van der Waals surface area contributed by atoms with Gasteiger partial charge in [0.1, 0.15) is 0 Å². The molecule has 20 heavy (non-hydrogen) atoms. The third kappa shape index (κ3) is 5.28. The second-order valence-corrected chi connectivity index (χ2v) is 5.94. The van der Waals surface area contributed by atoms with Crippen molar-refractivity contribution in [1.82, 2.24) is 15.1 Å². The van der Waals surface area contributed by atoms with Crippen LogP contribution in [0.3, 0.4) is 0 Å². The molecule has 0 saturated carbocycles. The third-order valence-electron chi connectivity index (χ3n) is 3.01. The monoisotopic (exact) mass is 303 g/mol. The molecule has 8 heteroatoms. The Morgan fingerprint density at radius 2 is 2.10 bits per heavy atom. The maximum atomic E-state index is 12.0. The number of rotatable bonds is 5. The zero-order valence-corrected chi connectivity index (χ0v) is 12.6. The summed E-state index contributed by atoms with van der Waals surface area (Å²) in [6.45, 7) is 0.801. The van der Waals surface area contributed by atoms with Crippen molar-refractivity contribution in [2.45, 2.75) is 18.9 Å². The minimum Gasteiger partial charge on any atom is -0.481 e. The lowest BCUT2D eigenvalue weighted by Gasteiger charge is -2.34. The molecule has 0 spiro atoms. The van der Waals surface area contributed by atoms with E-state index in [-0.39, 0.29) is 37.4 Å². The number of thioether (sulfide) groups is 1. The van der Waals surface area contributed by atoms with Crippen LogP contribution in [0.2, 0.25) is 0 Å². The highest BCUT2D eigenvalue weighted by molar-refractivity contribution is 7.99. The Kier molecular flexibility index (Phi) is 6.63. The first-order valence-electron chi connectivity index (χ1n) is 6.46. The Balaban J connectivity index is 2.43. The number of carboxylic acid groups (broad SMARTS) is 1. The highest BCUT2D eigenvalue weighted by Gasteiger charge is 2.28. The van der Waals surface area contributed by atoms with Gasteiger partial charge in [-0.25, -0.2) is 4.79 Å². The van der Waals surface area contributed by atoms with Crippen molar-refractivity contribution in [1.29, 1.82) is 0 Å². The summed E-state index contributed by atoms with van der Waals surface area (Å²) in [6, 6.07) is -0.570. The molecule has 0 radical (unpaired) electrons. The molecule has 1 heterocycles. The van der Waals surface area contributed by atoms with Gasteiger partial charge in [-0.15, -0.1) is 0 Å². The van der Waals surface area contributed by atoms with Crippen LogP contribution in [0.25, 0.3) is 0 Å². The molecule has 7 nitrogen and oxygen atoms in total. The number of carboxylic acids is 1. The summed E-state index contributed by atoms with van der Waals surface area (Å²) in [5.74, 6) is 0.482. The SMILES string of the molecule is CN(C)C(=O)CCNC(=O)N1CCSCC1CC(=O)O. The highest BCUT2D eigenvalue weighted by Crippen LogP contribution is 2.19. The Bertz CT molecular complexity index is 376. The zero-order valence-electron chi connectivity index (χ0n) is 11.8. The lowest BCUT2D eigenvalue weighted by Crippen LogP contribution is -2.51. The number of nitrogens with zero attached hydrogens (tertiary/aromatic N) is 2. The van der Waals surface area contributed by atoms with Crippen LogP contribution < -0.4 is 5.32 Å². The molecule has 1 fully saturated rings. The largest absolute Gasteiger partial charge is 0.481 e. The molecule has 2 N–H and O–H groups in total. The van der Waals surface area contributed by atoms with E-state index in [4.69, 9.17) is 5.11 Å². The number of amides is 3. The standard InChI is InChI=1S/C12H21N3O4S/c1-14(2)10(16)3-4-13-12(19)15-5-6-20-8-9(15)7-11(17)18/h9H,3-8H2,1-2H3,(H,13,19)(H,17,18). The summed E-state index contributed by atoms with van der Waals surface area (Å²) in [5, 5.41) is 11.5. The maximum Gasteiger partial charge on any atom is 0.317 e. The van der Waals surface area contributed by atoms with E-state index in [1.165, 1.54) is 4.90 Å². The molecule has 0 aromatic rings. The lowest BCUT2D eigenvalue weighted by atomic mass is 10.2. The number of hydrogen-bond acceptors (Lipinski definition) is 4.